The van der Waals surface area contributed by atoms with Gasteiger partial charge < -0.3 is 5.32 Å². The molecule has 0 aliphatic heterocycles. The van der Waals surface area contributed by atoms with Gasteiger partial charge in [-0.05, 0) is 12.1 Å². The summed E-state index contributed by atoms with van der Waals surface area (Å²) in [6.07, 6.45) is 1.25. The zero-order valence-electron chi connectivity index (χ0n) is 10.1. The minimum absolute atomic E-state index is 0.211. The molecule has 0 aliphatic rings. The second kappa shape index (κ2) is 5.38. The van der Waals surface area contributed by atoms with Gasteiger partial charge in [0.1, 0.15) is 10.7 Å². The fourth-order valence-electron chi connectivity index (χ4n) is 1.44. The first-order valence-corrected chi connectivity index (χ1v) is 7.46. The Kier molecular flexibility index (Phi) is 3.81. The van der Waals surface area contributed by atoms with Crippen molar-refractivity contribution in [3.63, 3.8) is 0 Å². The van der Waals surface area contributed by atoms with Crippen molar-refractivity contribution in [2.75, 3.05) is 17.1 Å². The predicted molar refractivity (Wildman–Crippen MR) is 73.4 cm³/mol. The first-order valence-electron chi connectivity index (χ1n) is 5.20. The van der Waals surface area contributed by atoms with Gasteiger partial charge in [0.15, 0.2) is 0 Å². The number of anilines is 2. The van der Waals surface area contributed by atoms with Crippen LogP contribution in [0.15, 0.2) is 29.3 Å². The van der Waals surface area contributed by atoms with Crippen LogP contribution >= 0.6 is 11.5 Å². The number of aromatic nitrogens is 2. The topological polar surface area (TPSA) is 127 Å². The van der Waals surface area contributed by atoms with E-state index in [9.17, 15) is 18.5 Å². The molecule has 0 saturated carbocycles. The van der Waals surface area contributed by atoms with E-state index in [1.807, 2.05) is 0 Å². The summed E-state index contributed by atoms with van der Waals surface area (Å²) >= 11 is 0.865. The molecule has 0 unspecified atom stereocenters. The summed E-state index contributed by atoms with van der Waals surface area (Å²) in [5.74, 6) is 0. The van der Waals surface area contributed by atoms with E-state index in [2.05, 4.69) is 19.6 Å². The summed E-state index contributed by atoms with van der Waals surface area (Å²) in [5.41, 5.74) is -0.0915. The summed E-state index contributed by atoms with van der Waals surface area (Å²) in [5, 5.41) is 17.3. The highest BCUT2D eigenvalue weighted by atomic mass is 32.2. The molecule has 2 rings (SSSR count). The van der Waals surface area contributed by atoms with E-state index in [-0.39, 0.29) is 21.3 Å². The maximum atomic E-state index is 12.1. The summed E-state index contributed by atoms with van der Waals surface area (Å²) in [6.45, 7) is 0. The maximum absolute atomic E-state index is 12.1. The molecule has 1 aromatic carbocycles. The van der Waals surface area contributed by atoms with Crippen LogP contribution < -0.4 is 10.0 Å². The summed E-state index contributed by atoms with van der Waals surface area (Å²) < 4.78 is 29.9. The molecule has 0 amide bonds. The molecule has 0 atom stereocenters. The molecule has 9 nitrogen and oxygen atoms in total. The molecular formula is C9H9N5O4S2. The third-order valence-electron chi connectivity index (χ3n) is 2.34. The lowest BCUT2D eigenvalue weighted by atomic mass is 10.3. The number of nitro benzene ring substituents is 1. The molecule has 2 N–H and O–H groups in total. The lowest BCUT2D eigenvalue weighted by Crippen LogP contribution is -2.12. The molecular weight excluding hydrogens is 306 g/mol. The van der Waals surface area contributed by atoms with Crippen LogP contribution in [0.25, 0.3) is 0 Å². The number of sulfonamides is 1. The summed E-state index contributed by atoms with van der Waals surface area (Å²) in [6, 6.07) is 3.59. The van der Waals surface area contributed by atoms with Crippen molar-refractivity contribution >= 4 is 37.9 Å². The Morgan fingerprint density at radius 1 is 1.40 bits per heavy atom. The minimum Gasteiger partial charge on any atom is -0.383 e. The average Bonchev–Trinajstić information content (AvgIpc) is 2.89. The van der Waals surface area contributed by atoms with Crippen molar-refractivity contribution in [2.24, 2.45) is 0 Å². The van der Waals surface area contributed by atoms with Gasteiger partial charge in [-0.2, -0.15) is 0 Å². The zero-order chi connectivity index (χ0) is 14.8. The fourth-order valence-corrected chi connectivity index (χ4v) is 3.15. The molecule has 0 saturated heterocycles. The van der Waals surface area contributed by atoms with Gasteiger partial charge in [-0.1, -0.05) is 4.49 Å². The molecule has 106 valence electrons. The van der Waals surface area contributed by atoms with Crippen LogP contribution in [-0.4, -0.2) is 30.0 Å². The number of benzene rings is 1. The van der Waals surface area contributed by atoms with Gasteiger partial charge in [0.05, 0.1) is 16.0 Å². The smallest absolute Gasteiger partial charge is 0.293 e. The van der Waals surface area contributed by atoms with Crippen LogP contribution in [0, 0.1) is 10.1 Å². The Hall–Kier alpha value is -2.27. The number of hydrogen-bond acceptors (Lipinski definition) is 8. The Labute approximate surface area is 118 Å². The quantitative estimate of drug-likeness (QED) is 0.628. The lowest BCUT2D eigenvalue weighted by molar-refractivity contribution is -0.384. The Bertz CT molecular complexity index is 729. The zero-order valence-corrected chi connectivity index (χ0v) is 11.7. The third-order valence-corrected chi connectivity index (χ3v) is 4.41. The van der Waals surface area contributed by atoms with Gasteiger partial charge >= 0.3 is 0 Å². The van der Waals surface area contributed by atoms with Crippen molar-refractivity contribution in [3.05, 3.63) is 34.5 Å². The van der Waals surface area contributed by atoms with Gasteiger partial charge in [-0.15, -0.1) is 5.10 Å². The molecule has 20 heavy (non-hydrogen) atoms. The van der Waals surface area contributed by atoms with Crippen LogP contribution in [0.3, 0.4) is 0 Å². The summed E-state index contributed by atoms with van der Waals surface area (Å²) in [4.78, 5) is 10.0. The molecule has 0 aliphatic carbocycles. The molecule has 0 radical (unpaired) electrons. The first kappa shape index (κ1) is 14.1. The number of nitro groups is 1. The summed E-state index contributed by atoms with van der Waals surface area (Å²) in [7, 11) is -2.40. The average molecular weight is 315 g/mol. The largest absolute Gasteiger partial charge is 0.383 e. The lowest BCUT2D eigenvalue weighted by Gasteiger charge is -2.07. The second-order valence-electron chi connectivity index (χ2n) is 3.57. The van der Waals surface area contributed by atoms with Crippen molar-refractivity contribution in [3.8, 4) is 0 Å². The highest BCUT2D eigenvalue weighted by Crippen LogP contribution is 2.28. The van der Waals surface area contributed by atoms with E-state index in [1.165, 1.54) is 25.4 Å². The predicted octanol–water partition coefficient (Wildman–Crippen LogP) is 1.29. The third kappa shape index (κ3) is 2.83. The highest BCUT2D eigenvalue weighted by molar-refractivity contribution is 7.93. The monoisotopic (exact) mass is 315 g/mol. The van der Waals surface area contributed by atoms with Gasteiger partial charge in [0.25, 0.3) is 15.7 Å². The van der Waals surface area contributed by atoms with E-state index < -0.39 is 14.9 Å². The molecule has 0 bridgehead atoms. The SMILES string of the molecule is CNc1ccc(S(=O)(=O)Nc2cnns2)cc1[N+](=O)[O-]. The van der Waals surface area contributed by atoms with Crippen molar-refractivity contribution < 1.29 is 13.3 Å². The van der Waals surface area contributed by atoms with Crippen molar-refractivity contribution in [2.45, 2.75) is 4.90 Å². The van der Waals surface area contributed by atoms with Crippen LogP contribution in [0.2, 0.25) is 0 Å². The normalized spacial score (nSPS) is 11.1. The first-order chi connectivity index (χ1) is 9.44. The maximum Gasteiger partial charge on any atom is 0.293 e. The van der Waals surface area contributed by atoms with E-state index in [4.69, 9.17) is 0 Å². The van der Waals surface area contributed by atoms with E-state index in [0.717, 1.165) is 17.6 Å². The number of nitrogens with one attached hydrogen (secondary N) is 2. The van der Waals surface area contributed by atoms with E-state index in [1.54, 1.807) is 0 Å². The standard InChI is InChI=1S/C9H9N5O4S2/c1-10-7-3-2-6(4-8(7)14(15)16)20(17,18)12-9-5-11-13-19-9/h2-5,10,12H,1H3. The Balaban J connectivity index is 2.42. The van der Waals surface area contributed by atoms with E-state index in [0.29, 0.717) is 0 Å². The Morgan fingerprint density at radius 3 is 2.70 bits per heavy atom. The molecule has 0 fully saturated rings. The van der Waals surface area contributed by atoms with Gasteiger partial charge in [-0.3, -0.25) is 14.8 Å². The molecule has 2 aromatic rings. The number of nitrogens with zero attached hydrogens (tertiary/aromatic N) is 3. The molecule has 1 heterocycles. The van der Waals surface area contributed by atoms with Crippen LogP contribution in [0.5, 0.6) is 0 Å². The minimum atomic E-state index is -3.92. The van der Waals surface area contributed by atoms with Crippen LogP contribution in [0.1, 0.15) is 0 Å². The fraction of sp³-hybridized carbons (Fsp3) is 0.111. The molecule has 0 spiro atoms. The van der Waals surface area contributed by atoms with Gasteiger partial charge in [-0.25, -0.2) is 8.42 Å². The second-order valence-corrected chi connectivity index (χ2v) is 6.04. The highest BCUT2D eigenvalue weighted by Gasteiger charge is 2.21. The molecule has 11 heteroatoms. The van der Waals surface area contributed by atoms with E-state index >= 15 is 0 Å². The van der Waals surface area contributed by atoms with Crippen molar-refractivity contribution in [1.82, 2.24) is 9.59 Å². The Morgan fingerprint density at radius 2 is 2.15 bits per heavy atom. The molecule has 1 aromatic heterocycles. The van der Waals surface area contributed by atoms with Crippen LogP contribution in [-0.2, 0) is 10.0 Å². The number of hydrogen-bond donors (Lipinski definition) is 2. The van der Waals surface area contributed by atoms with Crippen molar-refractivity contribution in [1.29, 1.82) is 0 Å². The van der Waals surface area contributed by atoms with Crippen LogP contribution in [0.4, 0.5) is 16.4 Å². The van der Waals surface area contributed by atoms with Gasteiger partial charge in [0.2, 0.25) is 0 Å². The van der Waals surface area contributed by atoms with Gasteiger partial charge in [0, 0.05) is 24.6 Å². The number of rotatable bonds is 5.